The lowest BCUT2D eigenvalue weighted by molar-refractivity contribution is -0.121. The van der Waals surface area contributed by atoms with Crippen molar-refractivity contribution in [3.05, 3.63) is 48.0 Å². The number of fused-ring (bicyclic) bond motifs is 1. The highest BCUT2D eigenvalue weighted by Gasteiger charge is 2.25. The molecule has 0 fully saturated rings. The van der Waals surface area contributed by atoms with E-state index in [0.717, 1.165) is 5.56 Å². The zero-order valence-corrected chi connectivity index (χ0v) is 15.9. The quantitative estimate of drug-likeness (QED) is 0.847. The van der Waals surface area contributed by atoms with E-state index in [0.29, 0.717) is 17.1 Å². The lowest BCUT2D eigenvalue weighted by Gasteiger charge is -2.27. The number of hydrogen-bond acceptors (Lipinski definition) is 5. The predicted octanol–water partition coefficient (Wildman–Crippen LogP) is 2.15. The molecule has 8 heteroatoms. The third kappa shape index (κ3) is 4.11. The number of para-hydroxylation sites is 1. The number of anilines is 2. The normalized spacial score (nSPS) is 13.7. The van der Waals surface area contributed by atoms with Gasteiger partial charge >= 0.3 is 0 Å². The summed E-state index contributed by atoms with van der Waals surface area (Å²) in [6.07, 6.45) is -0.186. The Balaban J connectivity index is 1.68. The van der Waals surface area contributed by atoms with E-state index in [9.17, 15) is 18.0 Å². The van der Waals surface area contributed by atoms with Crippen LogP contribution in [0.2, 0.25) is 0 Å². The molecular weight excluding hydrogens is 368 g/mol. The average Bonchev–Trinajstić information content (AvgIpc) is 2.64. The fourth-order valence-electron chi connectivity index (χ4n) is 2.71. The summed E-state index contributed by atoms with van der Waals surface area (Å²) in [5.41, 5.74) is 1.92. The highest BCUT2D eigenvalue weighted by atomic mass is 32.2. The number of ether oxygens (including phenoxy) is 1. The van der Waals surface area contributed by atoms with E-state index < -0.39 is 15.7 Å². The van der Waals surface area contributed by atoms with E-state index >= 15 is 0 Å². The minimum atomic E-state index is -3.54. The molecule has 3 rings (SSSR count). The van der Waals surface area contributed by atoms with E-state index in [4.69, 9.17) is 4.74 Å². The second kappa shape index (κ2) is 7.40. The first-order valence-electron chi connectivity index (χ1n) is 8.39. The van der Waals surface area contributed by atoms with E-state index in [1.165, 1.54) is 17.0 Å². The molecule has 27 heavy (non-hydrogen) atoms. The van der Waals surface area contributed by atoms with Gasteiger partial charge < -0.3 is 15.0 Å². The Morgan fingerprint density at radius 2 is 1.89 bits per heavy atom. The lowest BCUT2D eigenvalue weighted by atomic mass is 10.2. The highest BCUT2D eigenvalue weighted by molar-refractivity contribution is 7.91. The SMILES string of the molecule is Cc1ccc(S(=O)(=O)CCC(=O)Nc2cccc3c2OCC(=O)N3C)cc1. The molecule has 1 N–H and O–H groups in total. The van der Waals surface area contributed by atoms with Crippen LogP contribution in [-0.4, -0.2) is 39.6 Å². The molecule has 1 heterocycles. The highest BCUT2D eigenvalue weighted by Crippen LogP contribution is 2.38. The van der Waals surface area contributed by atoms with Crippen molar-refractivity contribution in [3.8, 4) is 5.75 Å². The number of aryl methyl sites for hydroxylation is 1. The van der Waals surface area contributed by atoms with Gasteiger partial charge in [0, 0.05) is 13.5 Å². The first kappa shape index (κ1) is 18.9. The van der Waals surface area contributed by atoms with Crippen LogP contribution in [0.25, 0.3) is 0 Å². The molecule has 0 aromatic heterocycles. The zero-order valence-electron chi connectivity index (χ0n) is 15.1. The van der Waals surface area contributed by atoms with Crippen LogP contribution in [0, 0.1) is 6.92 Å². The number of nitrogens with zero attached hydrogens (tertiary/aromatic N) is 1. The van der Waals surface area contributed by atoms with Crippen LogP contribution in [0.5, 0.6) is 5.75 Å². The van der Waals surface area contributed by atoms with Gasteiger partial charge in [-0.15, -0.1) is 0 Å². The average molecular weight is 388 g/mol. The topological polar surface area (TPSA) is 92.8 Å². The van der Waals surface area contributed by atoms with Gasteiger partial charge in [0.15, 0.2) is 22.2 Å². The molecule has 0 aliphatic carbocycles. The Morgan fingerprint density at radius 1 is 1.19 bits per heavy atom. The molecule has 0 unspecified atom stereocenters. The maximum absolute atomic E-state index is 12.4. The number of carbonyl (C=O) groups excluding carboxylic acids is 2. The molecule has 0 bridgehead atoms. The number of rotatable bonds is 5. The first-order chi connectivity index (χ1) is 12.8. The van der Waals surface area contributed by atoms with Gasteiger partial charge in [0.25, 0.3) is 5.91 Å². The smallest absolute Gasteiger partial charge is 0.264 e. The van der Waals surface area contributed by atoms with Crippen LogP contribution >= 0.6 is 0 Å². The lowest BCUT2D eigenvalue weighted by Crippen LogP contribution is -2.35. The summed E-state index contributed by atoms with van der Waals surface area (Å²) in [4.78, 5) is 25.6. The van der Waals surface area contributed by atoms with Crippen LogP contribution in [0.4, 0.5) is 11.4 Å². The van der Waals surface area contributed by atoms with Gasteiger partial charge in [-0.05, 0) is 31.2 Å². The summed E-state index contributed by atoms with van der Waals surface area (Å²) in [6.45, 7) is 1.76. The van der Waals surface area contributed by atoms with Gasteiger partial charge in [0.05, 0.1) is 22.0 Å². The molecule has 7 nitrogen and oxygen atoms in total. The molecule has 0 saturated heterocycles. The van der Waals surface area contributed by atoms with Crippen molar-refractivity contribution in [1.82, 2.24) is 0 Å². The molecule has 0 spiro atoms. The Labute approximate surface area is 157 Å². The zero-order chi connectivity index (χ0) is 19.6. The molecule has 0 atom stereocenters. The van der Waals surface area contributed by atoms with E-state index in [-0.39, 0.29) is 29.6 Å². The fourth-order valence-corrected chi connectivity index (χ4v) is 3.95. The van der Waals surface area contributed by atoms with Crippen molar-refractivity contribution in [3.63, 3.8) is 0 Å². The number of carbonyl (C=O) groups is 2. The number of benzene rings is 2. The maximum Gasteiger partial charge on any atom is 0.264 e. The molecule has 0 saturated carbocycles. The van der Waals surface area contributed by atoms with E-state index in [1.807, 2.05) is 6.92 Å². The van der Waals surface area contributed by atoms with Crippen LogP contribution in [-0.2, 0) is 19.4 Å². The first-order valence-corrected chi connectivity index (χ1v) is 10.0. The monoisotopic (exact) mass is 388 g/mol. The Morgan fingerprint density at radius 3 is 2.59 bits per heavy atom. The van der Waals surface area contributed by atoms with Gasteiger partial charge in [0.1, 0.15) is 0 Å². The second-order valence-electron chi connectivity index (χ2n) is 6.33. The minimum absolute atomic E-state index is 0.113. The molecule has 1 aliphatic rings. The van der Waals surface area contributed by atoms with Crippen molar-refractivity contribution < 1.29 is 22.7 Å². The van der Waals surface area contributed by atoms with Gasteiger partial charge in [-0.3, -0.25) is 9.59 Å². The molecule has 2 amide bonds. The number of nitrogens with one attached hydrogen (secondary N) is 1. The third-order valence-electron chi connectivity index (χ3n) is 4.32. The maximum atomic E-state index is 12.4. The number of sulfone groups is 1. The van der Waals surface area contributed by atoms with Crippen molar-refractivity contribution in [2.75, 3.05) is 29.6 Å². The third-order valence-corrected chi connectivity index (χ3v) is 6.05. The molecular formula is C19H20N2O5S. The summed E-state index contributed by atoms with van der Waals surface area (Å²) < 4.78 is 30.2. The summed E-state index contributed by atoms with van der Waals surface area (Å²) in [6, 6.07) is 11.6. The van der Waals surface area contributed by atoms with E-state index in [2.05, 4.69) is 5.32 Å². The largest absolute Gasteiger partial charge is 0.479 e. The number of hydrogen-bond donors (Lipinski definition) is 1. The van der Waals surface area contributed by atoms with Crippen LogP contribution < -0.4 is 15.0 Å². The molecule has 2 aromatic rings. The van der Waals surface area contributed by atoms with Gasteiger partial charge in [-0.1, -0.05) is 23.8 Å². The predicted molar refractivity (Wildman–Crippen MR) is 102 cm³/mol. The van der Waals surface area contributed by atoms with Gasteiger partial charge in [-0.2, -0.15) is 0 Å². The van der Waals surface area contributed by atoms with Crippen molar-refractivity contribution in [2.24, 2.45) is 0 Å². The van der Waals surface area contributed by atoms with Gasteiger partial charge in [0.2, 0.25) is 5.91 Å². The fraction of sp³-hybridized carbons (Fsp3) is 0.263. The Hall–Kier alpha value is -2.87. The van der Waals surface area contributed by atoms with Crippen molar-refractivity contribution >= 4 is 33.0 Å². The van der Waals surface area contributed by atoms with Gasteiger partial charge in [-0.25, -0.2) is 8.42 Å². The van der Waals surface area contributed by atoms with E-state index in [1.54, 1.807) is 37.4 Å². The molecule has 142 valence electrons. The standard InChI is InChI=1S/C19H20N2O5S/c1-13-6-8-14(9-7-13)27(24,25)11-10-17(22)20-15-4-3-5-16-19(15)26-12-18(23)21(16)2/h3-9H,10-12H2,1-2H3,(H,20,22). The molecule has 1 aliphatic heterocycles. The minimum Gasteiger partial charge on any atom is -0.479 e. The summed E-state index contributed by atoms with van der Waals surface area (Å²) in [5, 5.41) is 2.67. The Kier molecular flexibility index (Phi) is 5.18. The summed E-state index contributed by atoms with van der Waals surface area (Å²) >= 11 is 0. The van der Waals surface area contributed by atoms with Crippen LogP contribution in [0.15, 0.2) is 47.4 Å². The van der Waals surface area contributed by atoms with Crippen molar-refractivity contribution in [1.29, 1.82) is 0 Å². The second-order valence-corrected chi connectivity index (χ2v) is 8.43. The van der Waals surface area contributed by atoms with Crippen LogP contribution in [0.3, 0.4) is 0 Å². The molecule has 2 aromatic carbocycles. The Bertz CT molecular complexity index is 984. The number of amides is 2. The molecule has 0 radical (unpaired) electrons. The van der Waals surface area contributed by atoms with Crippen LogP contribution in [0.1, 0.15) is 12.0 Å². The summed E-state index contributed by atoms with van der Waals surface area (Å²) in [5.74, 6) is -0.525. The summed E-state index contributed by atoms with van der Waals surface area (Å²) in [7, 11) is -1.91. The number of likely N-dealkylation sites (N-methyl/N-ethyl adjacent to an activating group) is 1. The van der Waals surface area contributed by atoms with Crippen molar-refractivity contribution in [2.45, 2.75) is 18.2 Å².